The third-order valence-corrected chi connectivity index (χ3v) is 4.23. The van der Waals surface area contributed by atoms with Gasteiger partial charge in [0.2, 0.25) is 0 Å². The SMILES string of the molecule is COC(=O)c1nnn(-c2ccccc2/C=C/C(=O)c2ccc(OC)cc2)c1C. The molecule has 0 atom stereocenters. The number of allylic oxidation sites excluding steroid dienone is 1. The summed E-state index contributed by atoms with van der Waals surface area (Å²) in [5, 5.41) is 7.95. The second-order valence-electron chi connectivity index (χ2n) is 5.91. The Balaban J connectivity index is 1.90. The smallest absolute Gasteiger partial charge is 0.360 e. The molecule has 0 spiro atoms. The van der Waals surface area contributed by atoms with Crippen molar-refractivity contribution in [2.75, 3.05) is 14.2 Å². The molecule has 3 rings (SSSR count). The van der Waals surface area contributed by atoms with E-state index >= 15 is 0 Å². The number of hydrogen-bond donors (Lipinski definition) is 0. The number of esters is 1. The van der Waals surface area contributed by atoms with E-state index in [9.17, 15) is 9.59 Å². The molecule has 1 aromatic heterocycles. The second kappa shape index (κ2) is 8.30. The van der Waals surface area contributed by atoms with E-state index in [1.165, 1.54) is 13.2 Å². The summed E-state index contributed by atoms with van der Waals surface area (Å²) in [5.41, 5.74) is 2.71. The average Bonchev–Trinajstić information content (AvgIpc) is 3.12. The minimum absolute atomic E-state index is 0.136. The number of ether oxygens (including phenoxy) is 2. The summed E-state index contributed by atoms with van der Waals surface area (Å²) in [6, 6.07) is 14.3. The molecule has 28 heavy (non-hydrogen) atoms. The number of aromatic nitrogens is 3. The first kappa shape index (κ1) is 19.0. The lowest BCUT2D eigenvalue weighted by Gasteiger charge is -2.07. The van der Waals surface area contributed by atoms with Crippen molar-refractivity contribution in [1.29, 1.82) is 0 Å². The van der Waals surface area contributed by atoms with E-state index in [4.69, 9.17) is 9.47 Å². The van der Waals surface area contributed by atoms with Crippen molar-refractivity contribution >= 4 is 17.8 Å². The largest absolute Gasteiger partial charge is 0.497 e. The minimum Gasteiger partial charge on any atom is -0.497 e. The Morgan fingerprint density at radius 2 is 1.75 bits per heavy atom. The maximum absolute atomic E-state index is 12.4. The zero-order valence-electron chi connectivity index (χ0n) is 15.7. The van der Waals surface area contributed by atoms with Gasteiger partial charge in [0.25, 0.3) is 0 Å². The Morgan fingerprint density at radius 3 is 2.43 bits per heavy atom. The molecule has 0 aliphatic rings. The fraction of sp³-hybridized carbons (Fsp3) is 0.143. The van der Waals surface area contributed by atoms with Crippen LogP contribution in [0.4, 0.5) is 0 Å². The Bertz CT molecular complexity index is 1040. The molecule has 0 saturated carbocycles. The molecule has 2 aromatic carbocycles. The molecule has 0 bridgehead atoms. The summed E-state index contributed by atoms with van der Waals surface area (Å²) < 4.78 is 11.4. The van der Waals surface area contributed by atoms with Crippen LogP contribution < -0.4 is 4.74 Å². The molecule has 0 fully saturated rings. The lowest BCUT2D eigenvalue weighted by atomic mass is 10.1. The van der Waals surface area contributed by atoms with Crippen LogP contribution in [-0.2, 0) is 4.74 Å². The first-order valence-corrected chi connectivity index (χ1v) is 8.51. The number of hydrogen-bond acceptors (Lipinski definition) is 6. The number of para-hydroxylation sites is 1. The van der Waals surface area contributed by atoms with Crippen LogP contribution in [0.1, 0.15) is 32.1 Å². The van der Waals surface area contributed by atoms with Crippen molar-refractivity contribution in [3.05, 3.63) is 77.1 Å². The van der Waals surface area contributed by atoms with Crippen molar-refractivity contribution in [2.24, 2.45) is 0 Å². The predicted molar refractivity (Wildman–Crippen MR) is 104 cm³/mol. The molecule has 0 unspecified atom stereocenters. The van der Waals surface area contributed by atoms with Crippen molar-refractivity contribution < 1.29 is 19.1 Å². The van der Waals surface area contributed by atoms with Crippen LogP contribution in [0.2, 0.25) is 0 Å². The topological polar surface area (TPSA) is 83.3 Å². The van der Waals surface area contributed by atoms with Crippen LogP contribution in [0.25, 0.3) is 11.8 Å². The van der Waals surface area contributed by atoms with E-state index in [1.807, 2.05) is 24.3 Å². The summed E-state index contributed by atoms with van der Waals surface area (Å²) in [6.45, 7) is 1.73. The van der Waals surface area contributed by atoms with Crippen molar-refractivity contribution in [1.82, 2.24) is 15.0 Å². The standard InChI is InChI=1S/C21H19N3O4/c1-14-20(21(26)28-3)22-23-24(14)18-7-5-4-6-15(18)10-13-19(25)16-8-11-17(27-2)12-9-16/h4-13H,1-3H3/b13-10+. The van der Waals surface area contributed by atoms with E-state index in [2.05, 4.69) is 10.3 Å². The number of nitrogens with zero attached hydrogens (tertiary/aromatic N) is 3. The third-order valence-electron chi connectivity index (χ3n) is 4.23. The van der Waals surface area contributed by atoms with Crippen LogP contribution in [0.3, 0.4) is 0 Å². The van der Waals surface area contributed by atoms with Gasteiger partial charge >= 0.3 is 5.97 Å². The highest BCUT2D eigenvalue weighted by atomic mass is 16.5. The van der Waals surface area contributed by atoms with E-state index in [0.717, 1.165) is 5.56 Å². The molecule has 142 valence electrons. The summed E-state index contributed by atoms with van der Waals surface area (Å²) in [7, 11) is 2.87. The Hall–Kier alpha value is -3.74. The van der Waals surface area contributed by atoms with Crippen molar-refractivity contribution in [3.8, 4) is 11.4 Å². The molecular weight excluding hydrogens is 358 g/mol. The van der Waals surface area contributed by atoms with Gasteiger partial charge in [0, 0.05) is 11.1 Å². The van der Waals surface area contributed by atoms with Crippen LogP contribution >= 0.6 is 0 Å². The lowest BCUT2D eigenvalue weighted by Crippen LogP contribution is -2.06. The molecule has 0 radical (unpaired) electrons. The van der Waals surface area contributed by atoms with Gasteiger partial charge < -0.3 is 9.47 Å². The summed E-state index contributed by atoms with van der Waals surface area (Å²) in [4.78, 5) is 24.2. The molecule has 0 N–H and O–H groups in total. The number of ketones is 1. The number of methoxy groups -OCH3 is 2. The third kappa shape index (κ3) is 3.83. The van der Waals surface area contributed by atoms with Crippen LogP contribution in [0.15, 0.2) is 54.6 Å². The highest BCUT2D eigenvalue weighted by molar-refractivity contribution is 6.07. The maximum Gasteiger partial charge on any atom is 0.360 e. The zero-order valence-corrected chi connectivity index (χ0v) is 15.7. The first-order valence-electron chi connectivity index (χ1n) is 8.51. The average molecular weight is 377 g/mol. The van der Waals surface area contributed by atoms with Gasteiger partial charge in [0.05, 0.1) is 25.6 Å². The molecule has 7 heteroatoms. The molecule has 0 aliphatic heterocycles. The monoisotopic (exact) mass is 377 g/mol. The molecule has 3 aromatic rings. The lowest BCUT2D eigenvalue weighted by molar-refractivity contribution is 0.0593. The van der Waals surface area contributed by atoms with Gasteiger partial charge in [-0.1, -0.05) is 23.4 Å². The van der Waals surface area contributed by atoms with Crippen LogP contribution in [0.5, 0.6) is 5.75 Å². The van der Waals surface area contributed by atoms with Gasteiger partial charge in [-0.2, -0.15) is 0 Å². The molecule has 7 nitrogen and oxygen atoms in total. The van der Waals surface area contributed by atoms with Crippen LogP contribution in [0, 0.1) is 6.92 Å². The van der Waals surface area contributed by atoms with E-state index in [0.29, 0.717) is 22.7 Å². The second-order valence-corrected chi connectivity index (χ2v) is 5.91. The first-order chi connectivity index (χ1) is 13.5. The van der Waals surface area contributed by atoms with Crippen molar-refractivity contribution in [2.45, 2.75) is 6.92 Å². The van der Waals surface area contributed by atoms with E-state index in [1.54, 1.807) is 49.1 Å². The molecule has 1 heterocycles. The van der Waals surface area contributed by atoms with Gasteiger partial charge in [-0.15, -0.1) is 5.10 Å². The van der Waals surface area contributed by atoms with Gasteiger partial charge in [-0.3, -0.25) is 4.79 Å². The summed E-state index contributed by atoms with van der Waals surface area (Å²) in [5.74, 6) is 0.00316. The number of rotatable bonds is 6. The highest BCUT2D eigenvalue weighted by Crippen LogP contribution is 2.19. The molecular formula is C21H19N3O4. The predicted octanol–water partition coefficient (Wildman–Crippen LogP) is 3.27. The van der Waals surface area contributed by atoms with E-state index < -0.39 is 5.97 Å². The Kier molecular flexibility index (Phi) is 5.64. The highest BCUT2D eigenvalue weighted by Gasteiger charge is 2.18. The minimum atomic E-state index is -0.550. The molecule has 0 aliphatic carbocycles. The Labute approximate surface area is 162 Å². The van der Waals surface area contributed by atoms with Gasteiger partial charge in [0.1, 0.15) is 5.75 Å². The van der Waals surface area contributed by atoms with Gasteiger partial charge in [0.15, 0.2) is 11.5 Å². The fourth-order valence-corrected chi connectivity index (χ4v) is 2.68. The van der Waals surface area contributed by atoms with Crippen molar-refractivity contribution in [3.63, 3.8) is 0 Å². The number of carbonyl (C=O) groups excluding carboxylic acids is 2. The zero-order chi connectivity index (χ0) is 20.1. The summed E-state index contributed by atoms with van der Waals surface area (Å²) in [6.07, 6.45) is 3.20. The Morgan fingerprint density at radius 1 is 1.04 bits per heavy atom. The molecule has 0 saturated heterocycles. The quantitative estimate of drug-likeness (QED) is 0.372. The van der Waals surface area contributed by atoms with E-state index in [-0.39, 0.29) is 11.5 Å². The number of benzene rings is 2. The normalized spacial score (nSPS) is 10.8. The maximum atomic E-state index is 12.4. The van der Waals surface area contributed by atoms with Gasteiger partial charge in [-0.25, -0.2) is 9.48 Å². The number of carbonyl (C=O) groups is 2. The fourth-order valence-electron chi connectivity index (χ4n) is 2.68. The van der Waals surface area contributed by atoms with Crippen LogP contribution in [-0.4, -0.2) is 41.0 Å². The molecule has 0 amide bonds. The summed E-state index contributed by atoms with van der Waals surface area (Å²) >= 11 is 0. The van der Waals surface area contributed by atoms with Gasteiger partial charge in [-0.05, 0) is 49.4 Å².